The Balaban J connectivity index is 2.34. The van der Waals surface area contributed by atoms with E-state index in [9.17, 15) is 13.2 Å². The van der Waals surface area contributed by atoms with Gasteiger partial charge in [-0.25, -0.2) is 4.98 Å². The van der Waals surface area contributed by atoms with Gasteiger partial charge in [0.15, 0.2) is 4.34 Å². The maximum atomic E-state index is 12.6. The molecule has 0 saturated heterocycles. The maximum absolute atomic E-state index is 12.6. The van der Waals surface area contributed by atoms with E-state index in [1.165, 1.54) is 23.5 Å². The zero-order valence-electron chi connectivity index (χ0n) is 7.86. The van der Waals surface area contributed by atoms with Crippen molar-refractivity contribution in [3.8, 4) is 0 Å². The summed E-state index contributed by atoms with van der Waals surface area (Å²) >= 11 is 2.36. The summed E-state index contributed by atoms with van der Waals surface area (Å²) in [6.45, 7) is 0. The Morgan fingerprint density at radius 1 is 1.19 bits per heavy atom. The molecule has 1 heterocycles. The predicted octanol–water partition coefficient (Wildman–Crippen LogP) is 4.31. The molecule has 16 heavy (non-hydrogen) atoms. The minimum absolute atomic E-state index is 0.185. The van der Waals surface area contributed by atoms with E-state index in [4.69, 9.17) is 0 Å². The molecule has 0 unspecified atom stereocenters. The quantitative estimate of drug-likeness (QED) is 0.798. The van der Waals surface area contributed by atoms with Gasteiger partial charge in [-0.3, -0.25) is 0 Å². The Morgan fingerprint density at radius 2 is 1.94 bits per heavy atom. The molecule has 0 fully saturated rings. The number of aromatic nitrogens is 1. The lowest BCUT2D eigenvalue weighted by Gasteiger charge is -2.10. The number of halogens is 3. The third-order valence-electron chi connectivity index (χ3n) is 1.80. The van der Waals surface area contributed by atoms with Crippen LogP contribution in [0.4, 0.5) is 13.2 Å². The van der Waals surface area contributed by atoms with Crippen LogP contribution < -0.4 is 0 Å². The SMILES string of the molecule is FC(F)(F)c1ccccc1Sc1nccs1. The summed E-state index contributed by atoms with van der Waals surface area (Å²) < 4.78 is 38.5. The van der Waals surface area contributed by atoms with E-state index >= 15 is 0 Å². The summed E-state index contributed by atoms with van der Waals surface area (Å²) in [5.74, 6) is 0. The lowest BCUT2D eigenvalue weighted by Crippen LogP contribution is -2.06. The molecule has 84 valence electrons. The lowest BCUT2D eigenvalue weighted by molar-refractivity contribution is -0.139. The molecule has 0 amide bonds. The first-order valence-electron chi connectivity index (χ1n) is 4.31. The molecule has 0 bridgehead atoms. The minimum atomic E-state index is -4.32. The average molecular weight is 261 g/mol. The van der Waals surface area contributed by atoms with Crippen molar-refractivity contribution in [3.05, 3.63) is 41.4 Å². The van der Waals surface area contributed by atoms with Crippen LogP contribution in [0.15, 0.2) is 45.1 Å². The molecular formula is C10H6F3NS2. The molecular weight excluding hydrogens is 255 g/mol. The van der Waals surface area contributed by atoms with E-state index in [1.807, 2.05) is 0 Å². The summed E-state index contributed by atoms with van der Waals surface area (Å²) in [5, 5.41) is 1.73. The molecule has 0 aliphatic rings. The molecule has 6 heteroatoms. The van der Waals surface area contributed by atoms with Crippen LogP contribution in [0.5, 0.6) is 0 Å². The molecule has 2 rings (SSSR count). The van der Waals surface area contributed by atoms with E-state index < -0.39 is 11.7 Å². The number of rotatable bonds is 2. The Kier molecular flexibility index (Phi) is 3.20. The number of alkyl halides is 3. The highest BCUT2D eigenvalue weighted by molar-refractivity contribution is 8.01. The topological polar surface area (TPSA) is 12.9 Å². The first-order valence-corrected chi connectivity index (χ1v) is 6.00. The van der Waals surface area contributed by atoms with Crippen LogP contribution in [0.3, 0.4) is 0 Å². The predicted molar refractivity (Wildman–Crippen MR) is 57.7 cm³/mol. The van der Waals surface area contributed by atoms with Gasteiger partial charge in [-0.2, -0.15) is 13.2 Å². The van der Waals surface area contributed by atoms with Crippen LogP contribution in [0.25, 0.3) is 0 Å². The fourth-order valence-electron chi connectivity index (χ4n) is 1.14. The van der Waals surface area contributed by atoms with Crippen molar-refractivity contribution in [1.29, 1.82) is 0 Å². The monoisotopic (exact) mass is 261 g/mol. The highest BCUT2D eigenvalue weighted by Gasteiger charge is 2.33. The summed E-state index contributed by atoms with van der Waals surface area (Å²) in [6, 6.07) is 5.50. The van der Waals surface area contributed by atoms with Crippen molar-refractivity contribution in [2.24, 2.45) is 0 Å². The minimum Gasteiger partial charge on any atom is -0.238 e. The van der Waals surface area contributed by atoms with Crippen molar-refractivity contribution in [1.82, 2.24) is 4.98 Å². The van der Waals surface area contributed by atoms with Gasteiger partial charge in [-0.15, -0.1) is 11.3 Å². The van der Waals surface area contributed by atoms with Gasteiger partial charge in [0.05, 0.1) is 5.56 Å². The summed E-state index contributed by atoms with van der Waals surface area (Å²) in [6.07, 6.45) is -2.75. The van der Waals surface area contributed by atoms with Gasteiger partial charge >= 0.3 is 6.18 Å². The summed E-state index contributed by atoms with van der Waals surface area (Å²) in [5.41, 5.74) is -0.616. The largest absolute Gasteiger partial charge is 0.417 e. The third-order valence-corrected chi connectivity index (χ3v) is 3.76. The summed E-state index contributed by atoms with van der Waals surface area (Å²) in [7, 11) is 0. The lowest BCUT2D eigenvalue weighted by atomic mass is 10.2. The van der Waals surface area contributed by atoms with E-state index in [0.717, 1.165) is 17.8 Å². The van der Waals surface area contributed by atoms with Crippen molar-refractivity contribution in [2.45, 2.75) is 15.4 Å². The normalized spacial score (nSPS) is 11.7. The molecule has 0 N–H and O–H groups in total. The van der Waals surface area contributed by atoms with E-state index in [2.05, 4.69) is 4.98 Å². The van der Waals surface area contributed by atoms with Gasteiger partial charge < -0.3 is 0 Å². The van der Waals surface area contributed by atoms with Gasteiger partial charge in [-0.05, 0) is 12.1 Å². The standard InChI is InChI=1S/C10H6F3NS2/c11-10(12,13)7-3-1-2-4-8(7)16-9-14-5-6-15-9/h1-6H. The molecule has 0 spiro atoms. The Bertz CT molecular complexity index is 465. The van der Waals surface area contributed by atoms with Crippen LogP contribution in [0.1, 0.15) is 5.56 Å². The van der Waals surface area contributed by atoms with Crippen LogP contribution in [-0.2, 0) is 6.18 Å². The molecule has 2 aromatic rings. The van der Waals surface area contributed by atoms with Gasteiger partial charge in [0.2, 0.25) is 0 Å². The molecule has 1 aromatic carbocycles. The second-order valence-electron chi connectivity index (χ2n) is 2.89. The van der Waals surface area contributed by atoms with Gasteiger partial charge in [0, 0.05) is 16.5 Å². The molecule has 1 nitrogen and oxygen atoms in total. The number of nitrogens with zero attached hydrogens (tertiary/aromatic N) is 1. The van der Waals surface area contributed by atoms with Crippen LogP contribution in [-0.4, -0.2) is 4.98 Å². The van der Waals surface area contributed by atoms with Crippen molar-refractivity contribution < 1.29 is 13.2 Å². The second-order valence-corrected chi connectivity index (χ2v) is 5.08. The van der Waals surface area contributed by atoms with E-state index in [1.54, 1.807) is 17.6 Å². The fraction of sp³-hybridized carbons (Fsp3) is 0.100. The number of hydrogen-bond acceptors (Lipinski definition) is 3. The first kappa shape index (κ1) is 11.5. The number of benzene rings is 1. The Labute approximate surface area is 98.3 Å². The van der Waals surface area contributed by atoms with Crippen LogP contribution in [0.2, 0.25) is 0 Å². The highest BCUT2D eigenvalue weighted by atomic mass is 32.2. The molecule has 0 radical (unpaired) electrons. The van der Waals surface area contributed by atoms with Crippen LogP contribution >= 0.6 is 23.1 Å². The van der Waals surface area contributed by atoms with E-state index in [0.29, 0.717) is 4.34 Å². The smallest absolute Gasteiger partial charge is 0.238 e. The van der Waals surface area contributed by atoms with Crippen molar-refractivity contribution >= 4 is 23.1 Å². The number of hydrogen-bond donors (Lipinski definition) is 0. The second kappa shape index (κ2) is 4.47. The maximum Gasteiger partial charge on any atom is 0.417 e. The van der Waals surface area contributed by atoms with Crippen molar-refractivity contribution in [3.63, 3.8) is 0 Å². The zero-order valence-corrected chi connectivity index (χ0v) is 9.49. The highest BCUT2D eigenvalue weighted by Crippen LogP contribution is 2.39. The molecule has 1 aromatic heterocycles. The fourth-order valence-corrected chi connectivity index (χ4v) is 2.87. The molecule has 0 atom stereocenters. The van der Waals surface area contributed by atoms with Crippen molar-refractivity contribution in [2.75, 3.05) is 0 Å². The van der Waals surface area contributed by atoms with E-state index in [-0.39, 0.29) is 4.90 Å². The Morgan fingerprint density at radius 3 is 2.56 bits per heavy atom. The molecule has 0 aliphatic carbocycles. The van der Waals surface area contributed by atoms with Gasteiger partial charge in [-0.1, -0.05) is 23.9 Å². The number of thiazole rings is 1. The first-order chi connectivity index (χ1) is 7.57. The van der Waals surface area contributed by atoms with Gasteiger partial charge in [0.25, 0.3) is 0 Å². The third kappa shape index (κ3) is 2.56. The van der Waals surface area contributed by atoms with Crippen LogP contribution in [0, 0.1) is 0 Å². The molecule has 0 saturated carbocycles. The van der Waals surface area contributed by atoms with Gasteiger partial charge in [0.1, 0.15) is 0 Å². The average Bonchev–Trinajstić information content (AvgIpc) is 2.70. The molecule has 0 aliphatic heterocycles. The Hall–Kier alpha value is -1.01. The zero-order chi connectivity index (χ0) is 11.6. The summed E-state index contributed by atoms with van der Waals surface area (Å²) in [4.78, 5) is 4.13.